The van der Waals surface area contributed by atoms with Crippen molar-refractivity contribution < 1.29 is 13.2 Å². The van der Waals surface area contributed by atoms with Crippen molar-refractivity contribution in [2.45, 2.75) is 42.3 Å². The Morgan fingerprint density at radius 2 is 1.68 bits per heavy atom. The molecule has 7 heteroatoms. The molecule has 1 aromatic carbocycles. The smallest absolute Gasteiger partial charge is 0.243 e. The molecule has 0 bridgehead atoms. The number of carbonyl (C=O) groups is 1. The van der Waals surface area contributed by atoms with Crippen molar-refractivity contribution in [2.75, 3.05) is 18.4 Å². The van der Waals surface area contributed by atoms with Crippen molar-refractivity contribution in [3.8, 4) is 0 Å². The van der Waals surface area contributed by atoms with Crippen LogP contribution in [0.4, 0.5) is 5.69 Å². The van der Waals surface area contributed by atoms with Gasteiger partial charge in [0, 0.05) is 18.8 Å². The number of halogens is 1. The maximum Gasteiger partial charge on any atom is 0.243 e. The standard InChI is InChI=1S/C15H21BrN2O3S/c1-12(16)15(19)17-13-6-8-14(9-7-13)22(20,21)18-10-4-2-3-5-11-18/h6-9,12H,2-5,10-11H2,1H3,(H,17,19). The second-order valence-electron chi connectivity index (χ2n) is 5.45. The van der Waals surface area contributed by atoms with Crippen LogP contribution in [0.5, 0.6) is 0 Å². The summed E-state index contributed by atoms with van der Waals surface area (Å²) in [7, 11) is -3.44. The van der Waals surface area contributed by atoms with Crippen molar-refractivity contribution in [3.63, 3.8) is 0 Å². The van der Waals surface area contributed by atoms with Crippen molar-refractivity contribution in [1.29, 1.82) is 0 Å². The minimum absolute atomic E-state index is 0.164. The molecule has 0 radical (unpaired) electrons. The minimum Gasteiger partial charge on any atom is -0.325 e. The number of hydrogen-bond donors (Lipinski definition) is 1. The third kappa shape index (κ3) is 4.30. The molecular formula is C15H21BrN2O3S. The van der Waals surface area contributed by atoms with E-state index in [9.17, 15) is 13.2 Å². The Hall–Kier alpha value is -0.920. The summed E-state index contributed by atoms with van der Waals surface area (Å²) in [6.45, 7) is 2.90. The van der Waals surface area contributed by atoms with Crippen LogP contribution in [-0.2, 0) is 14.8 Å². The van der Waals surface area contributed by atoms with E-state index in [-0.39, 0.29) is 15.6 Å². The van der Waals surface area contributed by atoms with Gasteiger partial charge < -0.3 is 5.32 Å². The number of amides is 1. The van der Waals surface area contributed by atoms with Crippen LogP contribution < -0.4 is 5.32 Å². The van der Waals surface area contributed by atoms with E-state index in [4.69, 9.17) is 0 Å². The molecule has 5 nitrogen and oxygen atoms in total. The van der Waals surface area contributed by atoms with E-state index in [0.29, 0.717) is 18.8 Å². The van der Waals surface area contributed by atoms with Gasteiger partial charge in [-0.3, -0.25) is 4.79 Å². The van der Waals surface area contributed by atoms with Gasteiger partial charge in [0.25, 0.3) is 0 Å². The van der Waals surface area contributed by atoms with Crippen LogP contribution in [0.2, 0.25) is 0 Å². The maximum atomic E-state index is 12.6. The first-order valence-electron chi connectivity index (χ1n) is 7.46. The Morgan fingerprint density at radius 3 is 2.18 bits per heavy atom. The molecule has 1 unspecified atom stereocenters. The first kappa shape index (κ1) is 17.4. The van der Waals surface area contributed by atoms with Crippen LogP contribution in [0.25, 0.3) is 0 Å². The highest BCUT2D eigenvalue weighted by molar-refractivity contribution is 9.10. The second-order valence-corrected chi connectivity index (χ2v) is 8.76. The van der Waals surface area contributed by atoms with Gasteiger partial charge in [-0.05, 0) is 44.0 Å². The van der Waals surface area contributed by atoms with E-state index in [2.05, 4.69) is 21.2 Å². The van der Waals surface area contributed by atoms with Crippen LogP contribution >= 0.6 is 15.9 Å². The molecule has 1 aliphatic heterocycles. The molecule has 1 N–H and O–H groups in total. The van der Waals surface area contributed by atoms with Gasteiger partial charge in [-0.1, -0.05) is 28.8 Å². The summed E-state index contributed by atoms with van der Waals surface area (Å²) in [6.07, 6.45) is 4.00. The van der Waals surface area contributed by atoms with Gasteiger partial charge >= 0.3 is 0 Å². The molecule has 0 saturated carbocycles. The molecule has 1 aromatic rings. The third-order valence-electron chi connectivity index (χ3n) is 3.69. The van der Waals surface area contributed by atoms with Gasteiger partial charge in [0.15, 0.2) is 0 Å². The van der Waals surface area contributed by atoms with Crippen LogP contribution in [0.3, 0.4) is 0 Å². The monoisotopic (exact) mass is 388 g/mol. The zero-order valence-electron chi connectivity index (χ0n) is 12.6. The van der Waals surface area contributed by atoms with E-state index in [0.717, 1.165) is 25.7 Å². The lowest BCUT2D eigenvalue weighted by Gasteiger charge is -2.20. The van der Waals surface area contributed by atoms with E-state index in [1.807, 2.05) is 0 Å². The van der Waals surface area contributed by atoms with Crippen molar-refractivity contribution in [2.24, 2.45) is 0 Å². The van der Waals surface area contributed by atoms with E-state index in [1.54, 1.807) is 35.5 Å². The molecular weight excluding hydrogens is 368 g/mol. The highest BCUT2D eigenvalue weighted by Gasteiger charge is 2.25. The molecule has 1 amide bonds. The molecule has 22 heavy (non-hydrogen) atoms. The average molecular weight is 389 g/mol. The van der Waals surface area contributed by atoms with Crippen molar-refractivity contribution >= 4 is 37.5 Å². The summed E-state index contributed by atoms with van der Waals surface area (Å²) in [5.74, 6) is -0.164. The average Bonchev–Trinajstić information content (AvgIpc) is 2.77. The quantitative estimate of drug-likeness (QED) is 0.806. The summed E-state index contributed by atoms with van der Waals surface area (Å²) in [6, 6.07) is 6.35. The molecule has 2 rings (SSSR count). The number of hydrogen-bond acceptors (Lipinski definition) is 3. The Bertz CT molecular complexity index is 606. The SMILES string of the molecule is CC(Br)C(=O)Nc1ccc(S(=O)(=O)N2CCCCCC2)cc1. The Labute approximate surface area is 140 Å². The Balaban J connectivity index is 2.13. The number of benzene rings is 1. The summed E-state index contributed by atoms with van der Waals surface area (Å²) in [5.41, 5.74) is 0.589. The fraction of sp³-hybridized carbons (Fsp3) is 0.533. The van der Waals surface area contributed by atoms with Crippen molar-refractivity contribution in [3.05, 3.63) is 24.3 Å². The summed E-state index contributed by atoms with van der Waals surface area (Å²) >= 11 is 3.19. The van der Waals surface area contributed by atoms with Gasteiger partial charge in [0.2, 0.25) is 15.9 Å². The zero-order valence-corrected chi connectivity index (χ0v) is 15.0. The predicted octanol–water partition coefficient (Wildman–Crippen LogP) is 2.97. The van der Waals surface area contributed by atoms with Gasteiger partial charge in [-0.15, -0.1) is 0 Å². The molecule has 1 aliphatic rings. The number of nitrogens with one attached hydrogen (secondary N) is 1. The highest BCUT2D eigenvalue weighted by atomic mass is 79.9. The van der Waals surface area contributed by atoms with E-state index in [1.165, 1.54) is 0 Å². The lowest BCUT2D eigenvalue weighted by atomic mass is 10.2. The lowest BCUT2D eigenvalue weighted by Crippen LogP contribution is -2.31. The highest BCUT2D eigenvalue weighted by Crippen LogP contribution is 2.22. The largest absolute Gasteiger partial charge is 0.325 e. The fourth-order valence-corrected chi connectivity index (χ4v) is 4.01. The van der Waals surface area contributed by atoms with Crippen LogP contribution in [0, 0.1) is 0 Å². The van der Waals surface area contributed by atoms with E-state index >= 15 is 0 Å². The molecule has 1 heterocycles. The number of alkyl halides is 1. The van der Waals surface area contributed by atoms with Gasteiger partial charge in [-0.25, -0.2) is 8.42 Å². The number of rotatable bonds is 4. The second kappa shape index (κ2) is 7.57. The predicted molar refractivity (Wildman–Crippen MR) is 90.7 cm³/mol. The lowest BCUT2D eigenvalue weighted by molar-refractivity contribution is -0.115. The number of carbonyl (C=O) groups excluding carboxylic acids is 1. The fourth-order valence-electron chi connectivity index (χ4n) is 2.38. The normalized spacial score (nSPS) is 18.5. The number of nitrogens with zero attached hydrogens (tertiary/aromatic N) is 1. The summed E-state index contributed by atoms with van der Waals surface area (Å²) in [4.78, 5) is 11.6. The van der Waals surface area contributed by atoms with E-state index < -0.39 is 10.0 Å². The van der Waals surface area contributed by atoms with Gasteiger partial charge in [0.1, 0.15) is 0 Å². The molecule has 1 saturated heterocycles. The van der Waals surface area contributed by atoms with Crippen LogP contribution in [0.1, 0.15) is 32.6 Å². The van der Waals surface area contributed by atoms with Crippen LogP contribution in [0.15, 0.2) is 29.2 Å². The minimum atomic E-state index is -3.44. The molecule has 0 spiro atoms. The first-order chi connectivity index (χ1) is 10.4. The Morgan fingerprint density at radius 1 is 1.14 bits per heavy atom. The van der Waals surface area contributed by atoms with Crippen molar-refractivity contribution in [1.82, 2.24) is 4.31 Å². The molecule has 0 aromatic heterocycles. The first-order valence-corrected chi connectivity index (χ1v) is 9.82. The van der Waals surface area contributed by atoms with Gasteiger partial charge in [0.05, 0.1) is 9.72 Å². The van der Waals surface area contributed by atoms with Crippen LogP contribution in [-0.4, -0.2) is 36.5 Å². The molecule has 0 aliphatic carbocycles. The third-order valence-corrected chi connectivity index (χ3v) is 6.01. The summed E-state index contributed by atoms with van der Waals surface area (Å²) in [5, 5.41) is 2.72. The molecule has 1 fully saturated rings. The topological polar surface area (TPSA) is 66.5 Å². The summed E-state index contributed by atoms with van der Waals surface area (Å²) < 4.78 is 26.8. The Kier molecular flexibility index (Phi) is 6.00. The molecule has 122 valence electrons. The zero-order chi connectivity index (χ0) is 16.2. The van der Waals surface area contributed by atoms with Gasteiger partial charge in [-0.2, -0.15) is 4.31 Å². The number of sulfonamides is 1. The molecule has 1 atom stereocenters. The maximum absolute atomic E-state index is 12.6. The number of anilines is 1.